The Labute approximate surface area is 118 Å². The molecule has 1 atom stereocenters. The van der Waals surface area contributed by atoms with Gasteiger partial charge in [0.15, 0.2) is 0 Å². The van der Waals surface area contributed by atoms with Gasteiger partial charge in [0, 0.05) is 6.61 Å². The molecule has 2 aromatic rings. The van der Waals surface area contributed by atoms with E-state index < -0.39 is 0 Å². The number of fused-ring (bicyclic) bond motifs is 1. The number of halogens is 1. The quantitative estimate of drug-likeness (QED) is 0.802. The van der Waals surface area contributed by atoms with E-state index in [4.69, 9.17) is 16.3 Å². The predicted octanol–water partition coefficient (Wildman–Crippen LogP) is 3.65. The zero-order chi connectivity index (χ0) is 13.2. The lowest BCUT2D eigenvalue weighted by molar-refractivity contribution is 0.00627. The second-order valence-electron chi connectivity index (χ2n) is 5.25. The molecular formula is C15H19ClN2O. The molecule has 102 valence electrons. The minimum absolute atomic E-state index is 0.300. The molecule has 1 unspecified atom stereocenters. The van der Waals surface area contributed by atoms with Crippen molar-refractivity contribution in [1.82, 2.24) is 9.55 Å². The number of hydrogen-bond donors (Lipinski definition) is 0. The predicted molar refractivity (Wildman–Crippen MR) is 77.6 cm³/mol. The van der Waals surface area contributed by atoms with Crippen LogP contribution in [0.1, 0.15) is 30.7 Å². The summed E-state index contributed by atoms with van der Waals surface area (Å²) in [5.41, 5.74) is 3.45. The smallest absolute Gasteiger partial charge is 0.124 e. The minimum Gasteiger partial charge on any atom is -0.376 e. The molecule has 1 aliphatic rings. The van der Waals surface area contributed by atoms with Crippen molar-refractivity contribution in [2.45, 2.75) is 44.7 Å². The van der Waals surface area contributed by atoms with Crippen LogP contribution in [0, 0.1) is 6.92 Å². The van der Waals surface area contributed by atoms with Crippen LogP contribution < -0.4 is 0 Å². The Morgan fingerprint density at radius 1 is 1.42 bits per heavy atom. The van der Waals surface area contributed by atoms with Gasteiger partial charge in [0.1, 0.15) is 5.82 Å². The number of nitrogens with zero attached hydrogens (tertiary/aromatic N) is 2. The Morgan fingerprint density at radius 2 is 2.32 bits per heavy atom. The lowest BCUT2D eigenvalue weighted by Gasteiger charge is -2.23. The van der Waals surface area contributed by atoms with E-state index in [-0.39, 0.29) is 0 Å². The highest BCUT2D eigenvalue weighted by Crippen LogP contribution is 2.22. The van der Waals surface area contributed by atoms with E-state index >= 15 is 0 Å². The Bertz CT molecular complexity index is 573. The van der Waals surface area contributed by atoms with Gasteiger partial charge < -0.3 is 9.30 Å². The highest BCUT2D eigenvalue weighted by atomic mass is 35.5. The van der Waals surface area contributed by atoms with Crippen molar-refractivity contribution in [2.24, 2.45) is 0 Å². The van der Waals surface area contributed by atoms with E-state index in [9.17, 15) is 0 Å². The van der Waals surface area contributed by atoms with Crippen LogP contribution in [-0.2, 0) is 17.2 Å². The van der Waals surface area contributed by atoms with E-state index in [0.717, 1.165) is 30.9 Å². The Hall–Kier alpha value is -1.06. The van der Waals surface area contributed by atoms with Gasteiger partial charge in [-0.3, -0.25) is 0 Å². The van der Waals surface area contributed by atoms with Crippen molar-refractivity contribution in [1.29, 1.82) is 0 Å². The van der Waals surface area contributed by atoms with Gasteiger partial charge in [-0.15, -0.1) is 11.6 Å². The standard InChI is InChI=1S/C15H19ClN2O/c1-11-5-6-13-14(8-11)18(15(9-16)17-13)10-12-4-2-3-7-19-12/h5-6,8,12H,2-4,7,9-10H2,1H3. The molecule has 0 aliphatic carbocycles. The molecule has 1 aromatic carbocycles. The van der Waals surface area contributed by atoms with Gasteiger partial charge in [0.05, 0.1) is 29.6 Å². The summed E-state index contributed by atoms with van der Waals surface area (Å²) in [7, 11) is 0. The number of hydrogen-bond acceptors (Lipinski definition) is 2. The first-order chi connectivity index (χ1) is 9.28. The fraction of sp³-hybridized carbons (Fsp3) is 0.533. The summed E-state index contributed by atoms with van der Waals surface area (Å²) in [6, 6.07) is 6.34. The number of imidazole rings is 1. The summed E-state index contributed by atoms with van der Waals surface area (Å²) in [4.78, 5) is 4.61. The monoisotopic (exact) mass is 278 g/mol. The van der Waals surface area contributed by atoms with E-state index in [1.54, 1.807) is 0 Å². The van der Waals surface area contributed by atoms with Gasteiger partial charge in [0.25, 0.3) is 0 Å². The fourth-order valence-electron chi connectivity index (χ4n) is 2.74. The molecule has 0 bridgehead atoms. The first kappa shape index (κ1) is 12.9. The zero-order valence-corrected chi connectivity index (χ0v) is 12.0. The molecule has 1 fully saturated rings. The van der Waals surface area contributed by atoms with Crippen LogP contribution in [-0.4, -0.2) is 22.3 Å². The summed E-state index contributed by atoms with van der Waals surface area (Å²) in [5.74, 6) is 1.39. The van der Waals surface area contributed by atoms with Crippen LogP contribution in [0.3, 0.4) is 0 Å². The molecule has 0 saturated carbocycles. The molecule has 19 heavy (non-hydrogen) atoms. The van der Waals surface area contributed by atoms with Crippen molar-refractivity contribution in [3.8, 4) is 0 Å². The fourth-order valence-corrected chi connectivity index (χ4v) is 2.95. The van der Waals surface area contributed by atoms with Crippen LogP contribution in [0.25, 0.3) is 11.0 Å². The number of aromatic nitrogens is 2. The molecule has 0 radical (unpaired) electrons. The van der Waals surface area contributed by atoms with Crippen LogP contribution >= 0.6 is 11.6 Å². The summed E-state index contributed by atoms with van der Waals surface area (Å²) in [6.07, 6.45) is 3.87. The summed E-state index contributed by atoms with van der Waals surface area (Å²) >= 11 is 6.04. The Morgan fingerprint density at radius 3 is 3.05 bits per heavy atom. The Balaban J connectivity index is 1.97. The van der Waals surface area contributed by atoms with Crippen molar-refractivity contribution in [3.05, 3.63) is 29.6 Å². The summed E-state index contributed by atoms with van der Waals surface area (Å²) in [5, 5.41) is 0. The van der Waals surface area contributed by atoms with Gasteiger partial charge in [-0.05, 0) is 43.9 Å². The maximum absolute atomic E-state index is 6.04. The number of benzene rings is 1. The molecule has 1 saturated heterocycles. The summed E-state index contributed by atoms with van der Waals surface area (Å²) < 4.78 is 8.07. The third-order valence-corrected chi connectivity index (χ3v) is 4.00. The second-order valence-corrected chi connectivity index (χ2v) is 5.52. The SMILES string of the molecule is Cc1ccc2nc(CCl)n(CC3CCCCO3)c2c1. The molecule has 0 N–H and O–H groups in total. The van der Waals surface area contributed by atoms with Crippen molar-refractivity contribution in [2.75, 3.05) is 6.61 Å². The molecular weight excluding hydrogens is 260 g/mol. The Kier molecular flexibility index (Phi) is 3.76. The lowest BCUT2D eigenvalue weighted by atomic mass is 10.1. The molecule has 3 nitrogen and oxygen atoms in total. The molecule has 2 heterocycles. The average molecular weight is 279 g/mol. The topological polar surface area (TPSA) is 27.1 Å². The highest BCUT2D eigenvalue weighted by Gasteiger charge is 2.18. The number of alkyl halides is 1. The third-order valence-electron chi connectivity index (χ3n) is 3.76. The normalized spacial score (nSPS) is 20.0. The first-order valence-corrected chi connectivity index (χ1v) is 7.44. The zero-order valence-electron chi connectivity index (χ0n) is 11.2. The van der Waals surface area contributed by atoms with Crippen molar-refractivity contribution >= 4 is 22.6 Å². The average Bonchev–Trinajstić information content (AvgIpc) is 2.78. The molecule has 3 rings (SSSR count). The van der Waals surface area contributed by atoms with Crippen molar-refractivity contribution < 1.29 is 4.74 Å². The van der Waals surface area contributed by atoms with Gasteiger partial charge in [0.2, 0.25) is 0 Å². The minimum atomic E-state index is 0.300. The lowest BCUT2D eigenvalue weighted by Crippen LogP contribution is -2.25. The van der Waals surface area contributed by atoms with Crippen molar-refractivity contribution in [3.63, 3.8) is 0 Å². The molecule has 4 heteroatoms. The van der Waals surface area contributed by atoms with Crippen LogP contribution in [0.2, 0.25) is 0 Å². The molecule has 0 amide bonds. The van der Waals surface area contributed by atoms with Gasteiger partial charge in [-0.25, -0.2) is 4.98 Å². The van der Waals surface area contributed by atoms with E-state index in [2.05, 4.69) is 34.7 Å². The number of aryl methyl sites for hydroxylation is 1. The molecule has 1 aliphatic heterocycles. The first-order valence-electron chi connectivity index (χ1n) is 6.91. The van der Waals surface area contributed by atoms with Gasteiger partial charge in [-0.2, -0.15) is 0 Å². The maximum Gasteiger partial charge on any atom is 0.124 e. The largest absolute Gasteiger partial charge is 0.376 e. The third kappa shape index (κ3) is 2.63. The van der Waals surface area contributed by atoms with Crippen LogP contribution in [0.4, 0.5) is 0 Å². The molecule has 0 spiro atoms. The van der Waals surface area contributed by atoms with Crippen LogP contribution in [0.5, 0.6) is 0 Å². The summed E-state index contributed by atoms with van der Waals surface area (Å²) in [6.45, 7) is 3.85. The van der Waals surface area contributed by atoms with E-state index in [1.807, 2.05) is 0 Å². The number of rotatable bonds is 3. The number of ether oxygens (including phenoxy) is 1. The second kappa shape index (κ2) is 5.51. The van der Waals surface area contributed by atoms with E-state index in [0.29, 0.717) is 12.0 Å². The van der Waals surface area contributed by atoms with Gasteiger partial charge in [-0.1, -0.05) is 6.07 Å². The molecule has 1 aromatic heterocycles. The maximum atomic E-state index is 6.04. The highest BCUT2D eigenvalue weighted by molar-refractivity contribution is 6.16. The van der Waals surface area contributed by atoms with Gasteiger partial charge >= 0.3 is 0 Å². The van der Waals surface area contributed by atoms with E-state index in [1.165, 1.54) is 23.9 Å². The van der Waals surface area contributed by atoms with Crippen LogP contribution in [0.15, 0.2) is 18.2 Å².